The van der Waals surface area contributed by atoms with Gasteiger partial charge in [0.2, 0.25) is 0 Å². The van der Waals surface area contributed by atoms with Crippen molar-refractivity contribution in [2.45, 2.75) is 19.6 Å². The number of benzene rings is 1. The highest BCUT2D eigenvalue weighted by Crippen LogP contribution is 2.40. The minimum Gasteiger partial charge on any atom is -0.506 e. The van der Waals surface area contributed by atoms with Gasteiger partial charge in [-0.3, -0.25) is 4.98 Å². The van der Waals surface area contributed by atoms with Crippen LogP contribution in [0, 0.1) is 6.92 Å². The lowest BCUT2D eigenvalue weighted by molar-refractivity contribution is 0.0932. The van der Waals surface area contributed by atoms with Crippen molar-refractivity contribution in [2.24, 2.45) is 0 Å². The number of fused-ring (bicyclic) bond motifs is 1. The highest BCUT2D eigenvalue weighted by Gasteiger charge is 2.28. The number of aromatic hydroxyl groups is 1. The van der Waals surface area contributed by atoms with Gasteiger partial charge in [0, 0.05) is 22.3 Å². The number of aryl methyl sites for hydroxylation is 1. The fourth-order valence-electron chi connectivity index (χ4n) is 2.21. The SMILES string of the molecule is Cc1ncc2c(c1O)COC2[13c]1[13cH][13cH][13c](Cl)[13cH][13cH]1. The second kappa shape index (κ2) is 4.26. The van der Waals surface area contributed by atoms with Crippen molar-refractivity contribution in [2.75, 3.05) is 0 Å². The predicted molar refractivity (Wildman–Crippen MR) is 68.7 cm³/mol. The summed E-state index contributed by atoms with van der Waals surface area (Å²) in [5.74, 6) is 0.240. The Hall–Kier alpha value is -1.58. The van der Waals surface area contributed by atoms with Crippen LogP contribution in [0.1, 0.15) is 28.5 Å². The van der Waals surface area contributed by atoms with Crippen LogP contribution in [0.25, 0.3) is 0 Å². The summed E-state index contributed by atoms with van der Waals surface area (Å²) in [5.41, 5.74) is 3.42. The van der Waals surface area contributed by atoms with Gasteiger partial charge in [-0.05, 0) is 24.6 Å². The van der Waals surface area contributed by atoms with Gasteiger partial charge >= 0.3 is 0 Å². The second-order valence-electron chi connectivity index (χ2n) is 4.37. The lowest BCUT2D eigenvalue weighted by Crippen LogP contribution is -1.99. The third-order valence-corrected chi connectivity index (χ3v) is 3.48. The van der Waals surface area contributed by atoms with Crippen LogP contribution in [0.3, 0.4) is 0 Å². The summed E-state index contributed by atoms with van der Waals surface area (Å²) < 4.78 is 5.74. The van der Waals surface area contributed by atoms with Gasteiger partial charge in [-0.2, -0.15) is 0 Å². The maximum Gasteiger partial charge on any atom is 0.142 e. The number of aromatic nitrogens is 1. The molecule has 1 aromatic carbocycles. The third kappa shape index (κ3) is 1.76. The van der Waals surface area contributed by atoms with Crippen LogP contribution in [0.4, 0.5) is 0 Å². The second-order valence-corrected chi connectivity index (χ2v) is 4.81. The molecule has 0 aliphatic carbocycles. The first kappa shape index (κ1) is 11.5. The van der Waals surface area contributed by atoms with Crippen LogP contribution in [0.15, 0.2) is 30.5 Å². The molecule has 1 aliphatic heterocycles. The Bertz CT molecular complexity index is 595. The number of halogens is 1. The molecule has 1 atom stereocenters. The fraction of sp³-hybridized carbons (Fsp3) is 0.214. The molecule has 1 aliphatic rings. The van der Waals surface area contributed by atoms with Crippen LogP contribution in [-0.4, -0.2) is 10.1 Å². The van der Waals surface area contributed by atoms with E-state index in [-0.39, 0.29) is 11.9 Å². The molecule has 1 unspecified atom stereocenters. The maximum absolute atomic E-state index is 9.96. The van der Waals surface area contributed by atoms with E-state index in [1.54, 1.807) is 13.1 Å². The summed E-state index contributed by atoms with van der Waals surface area (Å²) in [4.78, 5) is 4.19. The number of nitrogens with zero attached hydrogens (tertiary/aromatic N) is 1. The van der Waals surface area contributed by atoms with Crippen molar-refractivity contribution >= 4 is 11.6 Å². The Kier molecular flexibility index (Phi) is 2.73. The van der Waals surface area contributed by atoms with E-state index in [0.717, 1.165) is 16.7 Å². The number of rotatable bonds is 1. The molecule has 0 amide bonds. The summed E-state index contributed by atoms with van der Waals surface area (Å²) >= 11 is 5.87. The van der Waals surface area contributed by atoms with Crippen LogP contribution < -0.4 is 0 Å². The number of ether oxygens (including phenoxy) is 1. The van der Waals surface area contributed by atoms with E-state index in [1.807, 2.05) is 24.3 Å². The van der Waals surface area contributed by atoms with Crippen LogP contribution in [0.5, 0.6) is 5.75 Å². The minimum absolute atomic E-state index is 0.170. The molecular formula is C14H12ClNO2. The molecular weight excluding hydrogens is 256 g/mol. The van der Waals surface area contributed by atoms with E-state index in [1.165, 1.54) is 0 Å². The lowest BCUT2D eigenvalue weighted by Gasteiger charge is -2.11. The molecule has 3 rings (SSSR count). The Morgan fingerprint density at radius 1 is 1.33 bits per heavy atom. The monoisotopic (exact) mass is 267 g/mol. The van der Waals surface area contributed by atoms with Crippen molar-refractivity contribution in [3.05, 3.63) is 57.9 Å². The summed E-state index contributed by atoms with van der Waals surface area (Å²) in [5, 5.41) is 10.7. The zero-order valence-corrected chi connectivity index (χ0v) is 10.6. The first-order chi connectivity index (χ1) is 8.66. The Morgan fingerprint density at radius 2 is 2.06 bits per heavy atom. The molecule has 3 nitrogen and oxygen atoms in total. The van der Waals surface area contributed by atoms with Gasteiger partial charge in [-0.15, -0.1) is 0 Å². The largest absolute Gasteiger partial charge is 0.506 e. The summed E-state index contributed by atoms with van der Waals surface area (Å²) in [7, 11) is 0. The number of hydrogen-bond donors (Lipinski definition) is 1. The zero-order chi connectivity index (χ0) is 12.7. The van der Waals surface area contributed by atoms with E-state index in [9.17, 15) is 5.11 Å². The Morgan fingerprint density at radius 3 is 2.78 bits per heavy atom. The molecule has 1 N–H and O–H groups in total. The Labute approximate surface area is 110 Å². The molecule has 2 heterocycles. The maximum atomic E-state index is 9.96. The number of hydrogen-bond acceptors (Lipinski definition) is 3. The standard InChI is InChI=1S/C14H12ClNO2/c1-8-13(17)12-7-18-14(11(12)6-16-8)9-2-4-10(15)5-3-9/h2-6,14,17H,7H2,1H3/i2+1,3+1,4+1,5+1,9+1,10+1. The normalized spacial score (nSPS) is 17.8. The molecule has 0 saturated heterocycles. The average Bonchev–Trinajstić information content (AvgIpc) is 2.79. The van der Waals surface area contributed by atoms with Crippen molar-refractivity contribution in [1.29, 1.82) is 0 Å². The van der Waals surface area contributed by atoms with Gasteiger partial charge in [0.25, 0.3) is 0 Å². The zero-order valence-electron chi connectivity index (χ0n) is 9.85. The van der Waals surface area contributed by atoms with Crippen LogP contribution >= 0.6 is 11.6 Å². The molecule has 18 heavy (non-hydrogen) atoms. The molecule has 92 valence electrons. The predicted octanol–water partition coefficient (Wildman–Crippen LogP) is 3.37. The topological polar surface area (TPSA) is 42.4 Å². The molecule has 0 saturated carbocycles. The van der Waals surface area contributed by atoms with Crippen molar-refractivity contribution in [1.82, 2.24) is 4.98 Å². The highest BCUT2D eigenvalue weighted by atomic mass is 35.5. The molecule has 1 aromatic heterocycles. The van der Waals surface area contributed by atoms with E-state index in [4.69, 9.17) is 16.3 Å². The molecule has 0 fully saturated rings. The summed E-state index contributed by atoms with van der Waals surface area (Å²) in [6, 6.07) is 7.53. The van der Waals surface area contributed by atoms with Crippen molar-refractivity contribution in [3.8, 4) is 5.75 Å². The Balaban J connectivity index is 2.05. The van der Waals surface area contributed by atoms with Gasteiger partial charge in [-0.25, -0.2) is 0 Å². The van der Waals surface area contributed by atoms with Gasteiger partial charge in [0.1, 0.15) is 11.9 Å². The van der Waals surface area contributed by atoms with Crippen LogP contribution in [0.2, 0.25) is 5.02 Å². The van der Waals surface area contributed by atoms with E-state index < -0.39 is 0 Å². The van der Waals surface area contributed by atoms with E-state index >= 15 is 0 Å². The van der Waals surface area contributed by atoms with E-state index in [0.29, 0.717) is 17.3 Å². The quantitative estimate of drug-likeness (QED) is 0.861. The van der Waals surface area contributed by atoms with Gasteiger partial charge in [0.15, 0.2) is 0 Å². The van der Waals surface area contributed by atoms with Gasteiger partial charge in [0.05, 0.1) is 12.3 Å². The summed E-state index contributed by atoms with van der Waals surface area (Å²) in [6.07, 6.45) is 1.60. The molecule has 0 bridgehead atoms. The molecule has 2 aromatic rings. The minimum atomic E-state index is -0.170. The number of pyridine rings is 1. The fourth-order valence-corrected chi connectivity index (χ4v) is 2.33. The van der Waals surface area contributed by atoms with Crippen molar-refractivity contribution in [3.63, 3.8) is 0 Å². The molecule has 0 spiro atoms. The summed E-state index contributed by atoms with van der Waals surface area (Å²) in [6.45, 7) is 2.20. The first-order valence-electron chi connectivity index (χ1n) is 5.71. The van der Waals surface area contributed by atoms with Gasteiger partial charge in [-0.1, -0.05) is 23.7 Å². The smallest absolute Gasteiger partial charge is 0.142 e. The van der Waals surface area contributed by atoms with Gasteiger partial charge < -0.3 is 9.84 Å². The van der Waals surface area contributed by atoms with Crippen molar-refractivity contribution < 1.29 is 9.84 Å². The lowest BCUT2D eigenvalue weighted by atomic mass is 10.1. The highest BCUT2D eigenvalue weighted by molar-refractivity contribution is 6.30. The van der Waals surface area contributed by atoms with E-state index in [2.05, 4.69) is 4.98 Å². The van der Waals surface area contributed by atoms with Crippen LogP contribution in [-0.2, 0) is 11.3 Å². The average molecular weight is 268 g/mol. The third-order valence-electron chi connectivity index (χ3n) is 3.22. The molecule has 4 heteroatoms. The molecule has 0 radical (unpaired) electrons. The first-order valence-corrected chi connectivity index (χ1v) is 6.09.